The summed E-state index contributed by atoms with van der Waals surface area (Å²) in [7, 11) is -3.10. The Morgan fingerprint density at radius 3 is 2.43 bits per heavy atom. The van der Waals surface area contributed by atoms with Gasteiger partial charge in [0.2, 0.25) is 10.0 Å². The lowest BCUT2D eigenvalue weighted by molar-refractivity contribution is 0.166. The largest absolute Gasteiger partial charge is 0.359 e. The highest BCUT2D eigenvalue weighted by atomic mass is 35.5. The van der Waals surface area contributed by atoms with Gasteiger partial charge in [0.05, 0.1) is 12.8 Å². The van der Waals surface area contributed by atoms with Gasteiger partial charge in [-0.25, -0.2) is 8.42 Å². The molecular weight excluding hydrogens is 338 g/mol. The molecule has 1 saturated heterocycles. The monoisotopic (exact) mass is 355 g/mol. The molecule has 1 aromatic carbocycles. The van der Waals surface area contributed by atoms with Crippen molar-refractivity contribution in [1.82, 2.24) is 14.4 Å². The molecule has 0 N–H and O–H groups in total. The van der Waals surface area contributed by atoms with E-state index in [1.807, 2.05) is 30.3 Å². The van der Waals surface area contributed by atoms with Crippen LogP contribution in [-0.4, -0.2) is 55.2 Å². The highest BCUT2D eigenvalue weighted by Gasteiger charge is 2.24. The van der Waals surface area contributed by atoms with Crippen molar-refractivity contribution in [3.05, 3.63) is 41.1 Å². The number of rotatable bonds is 4. The van der Waals surface area contributed by atoms with Gasteiger partial charge in [-0.15, -0.1) is 0 Å². The second-order valence-corrected chi connectivity index (χ2v) is 8.04. The lowest BCUT2D eigenvalue weighted by Gasteiger charge is -2.32. The molecule has 6 nitrogen and oxygen atoms in total. The first-order chi connectivity index (χ1) is 10.9. The summed E-state index contributed by atoms with van der Waals surface area (Å²) >= 11 is 5.88. The number of aromatic nitrogens is 1. The summed E-state index contributed by atoms with van der Waals surface area (Å²) in [6.45, 7) is 3.01. The van der Waals surface area contributed by atoms with E-state index < -0.39 is 10.0 Å². The van der Waals surface area contributed by atoms with Crippen LogP contribution >= 0.6 is 11.6 Å². The molecule has 124 valence electrons. The van der Waals surface area contributed by atoms with E-state index in [9.17, 15) is 8.42 Å². The van der Waals surface area contributed by atoms with E-state index in [0.717, 1.165) is 17.0 Å². The zero-order chi connectivity index (χ0) is 16.4. The molecule has 3 rings (SSSR count). The Morgan fingerprint density at radius 2 is 1.83 bits per heavy atom. The number of hydrogen-bond acceptors (Lipinski definition) is 5. The van der Waals surface area contributed by atoms with Crippen molar-refractivity contribution in [1.29, 1.82) is 0 Å². The van der Waals surface area contributed by atoms with Crippen molar-refractivity contribution in [2.24, 2.45) is 0 Å². The van der Waals surface area contributed by atoms with Gasteiger partial charge in [-0.3, -0.25) is 4.90 Å². The number of hydrogen-bond donors (Lipinski definition) is 0. The van der Waals surface area contributed by atoms with Crippen LogP contribution in [0.3, 0.4) is 0 Å². The summed E-state index contributed by atoms with van der Waals surface area (Å²) in [5.74, 6) is 0.766. The minimum absolute atomic E-state index is 0.511. The van der Waals surface area contributed by atoms with E-state index in [0.29, 0.717) is 37.7 Å². The second kappa shape index (κ2) is 6.60. The first kappa shape index (κ1) is 16.4. The summed E-state index contributed by atoms with van der Waals surface area (Å²) in [4.78, 5) is 2.16. The number of piperazine rings is 1. The minimum Gasteiger partial charge on any atom is -0.359 e. The lowest BCUT2D eigenvalue weighted by Crippen LogP contribution is -2.47. The zero-order valence-electron chi connectivity index (χ0n) is 12.8. The van der Waals surface area contributed by atoms with Crippen LogP contribution in [0.5, 0.6) is 0 Å². The van der Waals surface area contributed by atoms with Gasteiger partial charge < -0.3 is 4.52 Å². The molecule has 1 aromatic heterocycles. The first-order valence-electron chi connectivity index (χ1n) is 7.31. The molecule has 0 unspecified atom stereocenters. The zero-order valence-corrected chi connectivity index (χ0v) is 14.3. The minimum atomic E-state index is -3.10. The van der Waals surface area contributed by atoms with Crippen molar-refractivity contribution in [3.8, 4) is 11.3 Å². The lowest BCUT2D eigenvalue weighted by atomic mass is 10.1. The number of benzene rings is 1. The Morgan fingerprint density at radius 1 is 1.17 bits per heavy atom. The molecule has 0 saturated carbocycles. The molecule has 8 heteroatoms. The quantitative estimate of drug-likeness (QED) is 0.840. The van der Waals surface area contributed by atoms with E-state index in [1.165, 1.54) is 10.6 Å². The molecule has 0 spiro atoms. The number of halogens is 1. The van der Waals surface area contributed by atoms with Gasteiger partial charge in [0.15, 0.2) is 5.76 Å². The fourth-order valence-electron chi connectivity index (χ4n) is 2.58. The average Bonchev–Trinajstić information content (AvgIpc) is 2.96. The van der Waals surface area contributed by atoms with Crippen molar-refractivity contribution in [2.75, 3.05) is 32.4 Å². The molecule has 1 aliphatic heterocycles. The summed E-state index contributed by atoms with van der Waals surface area (Å²) in [6, 6.07) is 9.33. The van der Waals surface area contributed by atoms with Crippen LogP contribution in [0.1, 0.15) is 5.76 Å². The van der Waals surface area contributed by atoms with Gasteiger partial charge in [0.1, 0.15) is 5.69 Å². The molecule has 1 fully saturated rings. The first-order valence-corrected chi connectivity index (χ1v) is 9.53. The average molecular weight is 356 g/mol. The predicted molar refractivity (Wildman–Crippen MR) is 88.6 cm³/mol. The Bertz CT molecular complexity index is 766. The molecule has 1 aliphatic rings. The Labute approximate surface area is 140 Å². The molecule has 2 aromatic rings. The van der Waals surface area contributed by atoms with Gasteiger partial charge in [0.25, 0.3) is 0 Å². The molecule has 23 heavy (non-hydrogen) atoms. The third-order valence-electron chi connectivity index (χ3n) is 3.88. The van der Waals surface area contributed by atoms with E-state index in [-0.39, 0.29) is 0 Å². The Balaban J connectivity index is 1.61. The van der Waals surface area contributed by atoms with E-state index >= 15 is 0 Å². The fraction of sp³-hybridized carbons (Fsp3) is 0.400. The second-order valence-electron chi connectivity index (χ2n) is 5.62. The van der Waals surface area contributed by atoms with E-state index in [1.54, 1.807) is 0 Å². The standard InChI is InChI=1S/C15H18ClN3O3S/c1-23(20,21)19-8-6-18(7-9-19)11-14-10-15(17-22-14)12-2-4-13(16)5-3-12/h2-5,10H,6-9,11H2,1H3. The van der Waals surface area contributed by atoms with Gasteiger partial charge >= 0.3 is 0 Å². The summed E-state index contributed by atoms with van der Waals surface area (Å²) in [5.41, 5.74) is 1.72. The summed E-state index contributed by atoms with van der Waals surface area (Å²) < 4.78 is 29.9. The maximum Gasteiger partial charge on any atom is 0.211 e. The third-order valence-corrected chi connectivity index (χ3v) is 5.43. The smallest absolute Gasteiger partial charge is 0.211 e. The highest BCUT2D eigenvalue weighted by Crippen LogP contribution is 2.22. The van der Waals surface area contributed by atoms with Crippen molar-refractivity contribution >= 4 is 21.6 Å². The number of sulfonamides is 1. The van der Waals surface area contributed by atoms with E-state index in [2.05, 4.69) is 10.1 Å². The molecule has 2 heterocycles. The molecule has 0 radical (unpaired) electrons. The third kappa shape index (κ3) is 4.11. The van der Waals surface area contributed by atoms with Gasteiger partial charge in [0, 0.05) is 42.8 Å². The molecular formula is C15H18ClN3O3S. The maximum absolute atomic E-state index is 11.5. The van der Waals surface area contributed by atoms with E-state index in [4.69, 9.17) is 16.1 Å². The number of nitrogens with zero attached hydrogens (tertiary/aromatic N) is 3. The normalized spacial score (nSPS) is 17.5. The molecule has 0 aliphatic carbocycles. The van der Waals surface area contributed by atoms with Crippen LogP contribution in [-0.2, 0) is 16.6 Å². The summed E-state index contributed by atoms with van der Waals surface area (Å²) in [5, 5.41) is 4.77. The molecule has 0 amide bonds. The van der Waals surface area contributed by atoms with Crippen LogP contribution < -0.4 is 0 Å². The van der Waals surface area contributed by atoms with Gasteiger partial charge in [-0.05, 0) is 12.1 Å². The highest BCUT2D eigenvalue weighted by molar-refractivity contribution is 7.88. The van der Waals surface area contributed by atoms with Gasteiger partial charge in [-0.1, -0.05) is 28.9 Å². The summed E-state index contributed by atoms with van der Waals surface area (Å²) in [6.07, 6.45) is 1.25. The predicted octanol–water partition coefficient (Wildman–Crippen LogP) is 2.07. The Kier molecular flexibility index (Phi) is 4.72. The van der Waals surface area contributed by atoms with Crippen LogP contribution in [0.2, 0.25) is 5.02 Å². The topological polar surface area (TPSA) is 66.7 Å². The van der Waals surface area contributed by atoms with Crippen LogP contribution in [0, 0.1) is 0 Å². The van der Waals surface area contributed by atoms with Crippen LogP contribution in [0.25, 0.3) is 11.3 Å². The van der Waals surface area contributed by atoms with Crippen molar-refractivity contribution in [2.45, 2.75) is 6.54 Å². The van der Waals surface area contributed by atoms with Crippen LogP contribution in [0.4, 0.5) is 0 Å². The molecule has 0 atom stereocenters. The fourth-order valence-corrected chi connectivity index (χ4v) is 3.54. The molecule has 0 bridgehead atoms. The van der Waals surface area contributed by atoms with Gasteiger partial charge in [-0.2, -0.15) is 4.31 Å². The van der Waals surface area contributed by atoms with Crippen molar-refractivity contribution in [3.63, 3.8) is 0 Å². The van der Waals surface area contributed by atoms with Crippen LogP contribution in [0.15, 0.2) is 34.9 Å². The SMILES string of the molecule is CS(=O)(=O)N1CCN(Cc2cc(-c3ccc(Cl)cc3)no2)CC1. The maximum atomic E-state index is 11.5. The Hall–Kier alpha value is -1.41. The van der Waals surface area contributed by atoms with Crippen molar-refractivity contribution < 1.29 is 12.9 Å².